The van der Waals surface area contributed by atoms with E-state index < -0.39 is 0 Å². The largest absolute Gasteiger partial charge is 0.354 e. The first-order chi connectivity index (χ1) is 9.20. The van der Waals surface area contributed by atoms with E-state index >= 15 is 0 Å². The molecular weight excluding hydrogens is 236 g/mol. The monoisotopic (exact) mass is 258 g/mol. The van der Waals surface area contributed by atoms with E-state index in [0.29, 0.717) is 17.5 Å². The predicted molar refractivity (Wildman–Crippen MR) is 77.0 cm³/mol. The van der Waals surface area contributed by atoms with Gasteiger partial charge in [0.05, 0.1) is 11.6 Å². The first kappa shape index (κ1) is 13.8. The minimum atomic E-state index is 0.392. The van der Waals surface area contributed by atoms with Crippen LogP contribution in [0, 0.1) is 17.2 Å². The van der Waals surface area contributed by atoms with Crippen molar-refractivity contribution in [3.63, 3.8) is 0 Å². The van der Waals surface area contributed by atoms with Gasteiger partial charge < -0.3 is 10.2 Å². The van der Waals surface area contributed by atoms with Crippen molar-refractivity contribution in [3.05, 3.63) is 23.9 Å². The molecule has 1 aromatic heterocycles. The summed E-state index contributed by atoms with van der Waals surface area (Å²) in [7, 11) is 0. The molecule has 4 nitrogen and oxygen atoms in total. The molecule has 1 aliphatic rings. The van der Waals surface area contributed by atoms with Crippen LogP contribution < -0.4 is 10.2 Å². The summed E-state index contributed by atoms with van der Waals surface area (Å²) in [5, 5.41) is 12.5. The van der Waals surface area contributed by atoms with Gasteiger partial charge in [0.15, 0.2) is 0 Å². The Hall–Kier alpha value is -1.60. The Balaban J connectivity index is 2.12. The normalized spacial score (nSPS) is 19.2. The molecule has 1 aromatic rings. The van der Waals surface area contributed by atoms with E-state index in [-0.39, 0.29) is 0 Å². The van der Waals surface area contributed by atoms with E-state index in [0.717, 1.165) is 25.5 Å². The lowest BCUT2D eigenvalue weighted by Gasteiger charge is -2.33. The summed E-state index contributed by atoms with van der Waals surface area (Å²) in [5.41, 5.74) is 0.678. The fourth-order valence-corrected chi connectivity index (χ4v) is 2.57. The van der Waals surface area contributed by atoms with Crippen molar-refractivity contribution in [2.45, 2.75) is 32.7 Å². The molecule has 2 heterocycles. The third-order valence-corrected chi connectivity index (χ3v) is 3.65. The SMILES string of the molecule is CC(C)N(CC1CCCNC1)c1cc(C#N)ccn1. The molecule has 1 saturated heterocycles. The molecule has 0 aromatic carbocycles. The molecule has 0 amide bonds. The molecule has 102 valence electrons. The molecule has 0 aliphatic carbocycles. The van der Waals surface area contributed by atoms with Crippen LogP contribution in [-0.4, -0.2) is 30.7 Å². The Morgan fingerprint density at radius 2 is 2.42 bits per heavy atom. The van der Waals surface area contributed by atoms with E-state index in [9.17, 15) is 0 Å². The fraction of sp³-hybridized carbons (Fsp3) is 0.600. The number of nitrogens with one attached hydrogen (secondary N) is 1. The van der Waals surface area contributed by atoms with Crippen molar-refractivity contribution in [1.29, 1.82) is 5.26 Å². The highest BCUT2D eigenvalue weighted by Crippen LogP contribution is 2.20. The standard InChI is InChI=1S/C15H22N4/c1-12(2)19(11-14-4-3-6-17-10-14)15-8-13(9-16)5-7-18-15/h5,7-8,12,14,17H,3-4,6,10-11H2,1-2H3. The molecule has 4 heteroatoms. The Bertz CT molecular complexity index is 444. The van der Waals surface area contributed by atoms with E-state index in [4.69, 9.17) is 5.26 Å². The third-order valence-electron chi connectivity index (χ3n) is 3.65. The topological polar surface area (TPSA) is 52.0 Å². The minimum absolute atomic E-state index is 0.392. The summed E-state index contributed by atoms with van der Waals surface area (Å²) in [5.74, 6) is 1.59. The second-order valence-corrected chi connectivity index (χ2v) is 5.47. The number of rotatable bonds is 4. The number of aromatic nitrogens is 1. The lowest BCUT2D eigenvalue weighted by molar-refractivity contribution is 0.370. The number of hydrogen-bond donors (Lipinski definition) is 1. The van der Waals surface area contributed by atoms with Crippen molar-refractivity contribution < 1.29 is 0 Å². The molecule has 0 saturated carbocycles. The summed E-state index contributed by atoms with van der Waals surface area (Å²) >= 11 is 0. The van der Waals surface area contributed by atoms with Crippen molar-refractivity contribution in [2.24, 2.45) is 5.92 Å². The summed E-state index contributed by atoms with van der Waals surface area (Å²) in [6.07, 6.45) is 4.25. The van der Waals surface area contributed by atoms with Crippen molar-refractivity contribution in [1.82, 2.24) is 10.3 Å². The molecule has 0 bridgehead atoms. The molecule has 19 heavy (non-hydrogen) atoms. The number of pyridine rings is 1. The lowest BCUT2D eigenvalue weighted by Crippen LogP contribution is -2.41. The van der Waals surface area contributed by atoms with Crippen molar-refractivity contribution in [3.8, 4) is 6.07 Å². The number of piperidine rings is 1. The Kier molecular flexibility index (Phi) is 4.75. The Labute approximate surface area is 115 Å². The number of nitriles is 1. The fourth-order valence-electron chi connectivity index (χ4n) is 2.57. The van der Waals surface area contributed by atoms with Gasteiger partial charge in [-0.2, -0.15) is 5.26 Å². The van der Waals surface area contributed by atoms with Gasteiger partial charge in [0.2, 0.25) is 0 Å². The van der Waals surface area contributed by atoms with Crippen molar-refractivity contribution in [2.75, 3.05) is 24.5 Å². The number of hydrogen-bond acceptors (Lipinski definition) is 4. The van der Waals surface area contributed by atoms with Crippen LogP contribution in [0.2, 0.25) is 0 Å². The molecule has 0 spiro atoms. The molecule has 1 N–H and O–H groups in total. The van der Waals surface area contributed by atoms with Gasteiger partial charge in [-0.3, -0.25) is 0 Å². The number of nitrogens with zero attached hydrogens (tertiary/aromatic N) is 3. The zero-order valence-corrected chi connectivity index (χ0v) is 11.8. The second-order valence-electron chi connectivity index (χ2n) is 5.47. The van der Waals surface area contributed by atoms with Gasteiger partial charge in [-0.05, 0) is 57.8 Å². The maximum atomic E-state index is 9.00. The predicted octanol–water partition coefficient (Wildman–Crippen LogP) is 2.17. The van der Waals surface area contributed by atoms with Gasteiger partial charge in [0.1, 0.15) is 5.82 Å². The molecule has 1 fully saturated rings. The molecule has 0 radical (unpaired) electrons. The molecule has 1 atom stereocenters. The minimum Gasteiger partial charge on any atom is -0.354 e. The van der Waals surface area contributed by atoms with Crippen LogP contribution in [0.5, 0.6) is 0 Å². The van der Waals surface area contributed by atoms with Crippen LogP contribution in [-0.2, 0) is 0 Å². The zero-order valence-electron chi connectivity index (χ0n) is 11.8. The maximum absolute atomic E-state index is 9.00. The van der Waals surface area contributed by atoms with Gasteiger partial charge >= 0.3 is 0 Å². The highest BCUT2D eigenvalue weighted by Gasteiger charge is 2.20. The molecule has 1 unspecified atom stereocenters. The second kappa shape index (κ2) is 6.53. The van der Waals surface area contributed by atoms with Crippen molar-refractivity contribution >= 4 is 5.82 Å². The van der Waals surface area contributed by atoms with Crippen LogP contribution >= 0.6 is 0 Å². The lowest BCUT2D eigenvalue weighted by atomic mass is 9.98. The summed E-state index contributed by atoms with van der Waals surface area (Å²) < 4.78 is 0. The summed E-state index contributed by atoms with van der Waals surface area (Å²) in [4.78, 5) is 6.73. The van der Waals surface area contributed by atoms with Crippen LogP contribution in [0.25, 0.3) is 0 Å². The Morgan fingerprint density at radius 1 is 1.58 bits per heavy atom. The van der Waals surface area contributed by atoms with E-state index in [2.05, 4.69) is 35.1 Å². The zero-order chi connectivity index (χ0) is 13.7. The van der Waals surface area contributed by atoms with Gasteiger partial charge in [-0.1, -0.05) is 0 Å². The quantitative estimate of drug-likeness (QED) is 0.899. The molecular formula is C15H22N4. The third kappa shape index (κ3) is 3.68. The summed E-state index contributed by atoms with van der Waals surface area (Å²) in [6.45, 7) is 7.59. The van der Waals surface area contributed by atoms with Gasteiger partial charge in [0.25, 0.3) is 0 Å². The van der Waals surface area contributed by atoms with Crippen LogP contribution in [0.3, 0.4) is 0 Å². The Morgan fingerprint density at radius 3 is 3.05 bits per heavy atom. The first-order valence-electron chi connectivity index (χ1n) is 7.04. The smallest absolute Gasteiger partial charge is 0.130 e. The van der Waals surface area contributed by atoms with Gasteiger partial charge in [-0.15, -0.1) is 0 Å². The average molecular weight is 258 g/mol. The van der Waals surface area contributed by atoms with Gasteiger partial charge in [0, 0.05) is 18.8 Å². The average Bonchev–Trinajstić information content (AvgIpc) is 2.45. The highest BCUT2D eigenvalue weighted by atomic mass is 15.2. The molecule has 1 aliphatic heterocycles. The van der Waals surface area contributed by atoms with E-state index in [1.54, 1.807) is 12.3 Å². The molecule has 2 rings (SSSR count). The van der Waals surface area contributed by atoms with Crippen LogP contribution in [0.15, 0.2) is 18.3 Å². The van der Waals surface area contributed by atoms with E-state index in [1.165, 1.54) is 12.8 Å². The number of anilines is 1. The van der Waals surface area contributed by atoms with E-state index in [1.807, 2.05) is 6.07 Å². The van der Waals surface area contributed by atoms with Crippen LogP contribution in [0.4, 0.5) is 5.82 Å². The summed E-state index contributed by atoms with van der Waals surface area (Å²) in [6, 6.07) is 6.22. The highest BCUT2D eigenvalue weighted by molar-refractivity contribution is 5.45. The maximum Gasteiger partial charge on any atom is 0.130 e. The first-order valence-corrected chi connectivity index (χ1v) is 7.04. The van der Waals surface area contributed by atoms with Gasteiger partial charge in [-0.25, -0.2) is 4.98 Å². The van der Waals surface area contributed by atoms with Crippen LogP contribution in [0.1, 0.15) is 32.3 Å².